The smallest absolute Gasteiger partial charge is 0.276 e. The quantitative estimate of drug-likeness (QED) is 0.453. The Morgan fingerprint density at radius 1 is 1.64 bits per heavy atom. The lowest BCUT2D eigenvalue weighted by Crippen LogP contribution is -2.68. The molecule has 2 atom stereocenters. The van der Waals surface area contributed by atoms with Crippen molar-refractivity contribution in [2.75, 3.05) is 18.6 Å². The summed E-state index contributed by atoms with van der Waals surface area (Å²) in [5, 5.41) is 8.24. The van der Waals surface area contributed by atoms with Crippen LogP contribution in [0.4, 0.5) is 5.13 Å². The van der Waals surface area contributed by atoms with Gasteiger partial charge in [-0.05, 0) is 0 Å². The van der Waals surface area contributed by atoms with Gasteiger partial charge in [0.1, 0.15) is 24.2 Å². The summed E-state index contributed by atoms with van der Waals surface area (Å²) in [4.78, 5) is 34.7. The van der Waals surface area contributed by atoms with E-state index in [1.165, 1.54) is 18.4 Å². The second-order valence-corrected chi connectivity index (χ2v) is 6.54. The highest BCUT2D eigenvalue weighted by Gasteiger charge is 2.48. The molecule has 3 N–H and O–H groups in total. The third-order valence-corrected chi connectivity index (χ3v) is 5.06. The van der Waals surface area contributed by atoms with Crippen LogP contribution in [-0.4, -0.2) is 51.7 Å². The van der Waals surface area contributed by atoms with Gasteiger partial charge >= 0.3 is 0 Å². The van der Waals surface area contributed by atoms with Crippen molar-refractivity contribution < 1.29 is 14.4 Å². The van der Waals surface area contributed by atoms with E-state index in [1.807, 2.05) is 6.08 Å². The van der Waals surface area contributed by atoms with E-state index in [4.69, 9.17) is 10.6 Å². The van der Waals surface area contributed by atoms with Crippen LogP contribution in [-0.2, 0) is 14.4 Å². The van der Waals surface area contributed by atoms with Crippen molar-refractivity contribution in [2.45, 2.75) is 11.4 Å². The van der Waals surface area contributed by atoms with E-state index in [0.29, 0.717) is 10.8 Å². The van der Waals surface area contributed by atoms with E-state index < -0.39 is 11.9 Å². The molecule has 2 aliphatic heterocycles. The largest absolute Gasteiger partial charge is 0.398 e. The highest BCUT2D eigenvalue weighted by molar-refractivity contribution is 8.00. The Balaban J connectivity index is 1.74. The predicted octanol–water partition coefficient (Wildman–Crippen LogP) is -0.0106. The highest BCUT2D eigenvalue weighted by Crippen LogP contribution is 2.33. The number of nitrogens with two attached hydrogens (primary N) is 1. The van der Waals surface area contributed by atoms with Crippen molar-refractivity contribution in [3.8, 4) is 0 Å². The molecule has 1 saturated heterocycles. The lowest BCUT2D eigenvalue weighted by molar-refractivity contribution is -0.143. The molecule has 2 aliphatic rings. The van der Waals surface area contributed by atoms with E-state index in [-0.39, 0.29) is 17.0 Å². The van der Waals surface area contributed by atoms with Crippen LogP contribution in [0.3, 0.4) is 0 Å². The first-order chi connectivity index (χ1) is 10.6. The molecular formula is C12H13N5O3S2. The van der Waals surface area contributed by atoms with E-state index in [9.17, 15) is 9.59 Å². The third kappa shape index (κ3) is 2.55. The minimum atomic E-state index is -0.569. The third-order valence-electron chi connectivity index (χ3n) is 3.16. The fraction of sp³-hybridized carbons (Fsp3) is 0.333. The van der Waals surface area contributed by atoms with Gasteiger partial charge in [-0.25, -0.2) is 4.98 Å². The second-order valence-electron chi connectivity index (χ2n) is 4.50. The predicted molar refractivity (Wildman–Crippen MR) is 84.2 cm³/mol. The molecule has 1 aromatic rings. The molecule has 8 nitrogen and oxygen atoms in total. The summed E-state index contributed by atoms with van der Waals surface area (Å²) in [6.07, 6.45) is 3.66. The normalized spacial score (nSPS) is 23.8. The number of rotatable bonds is 4. The zero-order chi connectivity index (χ0) is 15.7. The zero-order valence-corrected chi connectivity index (χ0v) is 13.2. The molecule has 10 heteroatoms. The summed E-state index contributed by atoms with van der Waals surface area (Å²) in [6, 6.07) is -0.569. The van der Waals surface area contributed by atoms with Gasteiger partial charge in [-0.15, -0.1) is 23.1 Å². The molecule has 1 fully saturated rings. The maximum Gasteiger partial charge on any atom is 0.276 e. The van der Waals surface area contributed by atoms with E-state index in [0.717, 1.165) is 5.75 Å². The number of amides is 2. The average molecular weight is 339 g/mol. The van der Waals surface area contributed by atoms with Crippen LogP contribution in [0.5, 0.6) is 0 Å². The van der Waals surface area contributed by atoms with Crippen molar-refractivity contribution in [1.29, 1.82) is 0 Å². The Bertz CT molecular complexity index is 671. The fourth-order valence-corrected chi connectivity index (χ4v) is 3.82. The van der Waals surface area contributed by atoms with Crippen molar-refractivity contribution in [2.24, 2.45) is 5.16 Å². The van der Waals surface area contributed by atoms with Gasteiger partial charge in [0.2, 0.25) is 0 Å². The molecule has 0 aliphatic carbocycles. The average Bonchev–Trinajstić information content (AvgIpc) is 2.95. The number of fused-ring (bicyclic) bond motifs is 1. The van der Waals surface area contributed by atoms with Crippen LogP contribution < -0.4 is 11.1 Å². The molecule has 116 valence electrons. The number of β-lactam (4-membered cyclic amide) rings is 1. The number of hydrogen-bond acceptors (Lipinski definition) is 8. The van der Waals surface area contributed by atoms with Crippen molar-refractivity contribution >= 4 is 45.8 Å². The molecule has 3 rings (SSSR count). The number of nitrogens with one attached hydrogen (secondary N) is 1. The monoisotopic (exact) mass is 339 g/mol. The standard InChI is InChI=1S/C12H13N5O3S2/c1-20-16-7(6-5-22-12(13)14-6)9(18)15-8-10(19)17-3-2-4-21-11(8)17/h2-3,5,8,11H,4H2,1H3,(H2,13,14)(H,15,18)/t8?,11-/m1/s1. The molecule has 0 bridgehead atoms. The Morgan fingerprint density at radius 2 is 2.45 bits per heavy atom. The summed E-state index contributed by atoms with van der Waals surface area (Å²) in [5.74, 6) is 0.152. The fourth-order valence-electron chi connectivity index (χ4n) is 2.17. The summed E-state index contributed by atoms with van der Waals surface area (Å²) >= 11 is 2.79. The molecule has 22 heavy (non-hydrogen) atoms. The van der Waals surface area contributed by atoms with E-state index >= 15 is 0 Å². The molecule has 0 spiro atoms. The second kappa shape index (κ2) is 5.97. The Hall–Kier alpha value is -2.07. The van der Waals surface area contributed by atoms with Gasteiger partial charge in [-0.2, -0.15) is 0 Å². The summed E-state index contributed by atoms with van der Waals surface area (Å²) in [5.41, 5.74) is 5.89. The van der Waals surface area contributed by atoms with Gasteiger partial charge in [0, 0.05) is 17.3 Å². The Kier molecular flexibility index (Phi) is 4.03. The van der Waals surface area contributed by atoms with Crippen molar-refractivity contribution in [3.63, 3.8) is 0 Å². The first kappa shape index (κ1) is 14.9. The molecule has 3 heterocycles. The lowest BCUT2D eigenvalue weighted by atomic mass is 10.1. The molecule has 1 unspecified atom stereocenters. The highest BCUT2D eigenvalue weighted by atomic mass is 32.2. The van der Waals surface area contributed by atoms with Crippen molar-refractivity contribution in [3.05, 3.63) is 23.3 Å². The van der Waals surface area contributed by atoms with Gasteiger partial charge in [0.25, 0.3) is 11.8 Å². The first-order valence-electron chi connectivity index (χ1n) is 6.35. The van der Waals surface area contributed by atoms with E-state index in [1.54, 1.807) is 28.2 Å². The number of nitrogen functional groups attached to an aromatic ring is 1. The number of thioether (sulfide) groups is 1. The minimum absolute atomic E-state index is 0.00180. The van der Waals surface area contributed by atoms with Gasteiger partial charge in [-0.3, -0.25) is 9.59 Å². The van der Waals surface area contributed by atoms with Crippen LogP contribution >= 0.6 is 23.1 Å². The van der Waals surface area contributed by atoms with Crippen LogP contribution in [0.25, 0.3) is 0 Å². The molecule has 2 amide bonds. The number of carbonyl (C=O) groups is 2. The number of oxime groups is 1. The number of carbonyl (C=O) groups excluding carboxylic acids is 2. The number of aromatic nitrogens is 1. The zero-order valence-electron chi connectivity index (χ0n) is 11.6. The molecule has 0 aromatic carbocycles. The van der Waals surface area contributed by atoms with Crippen LogP contribution in [0, 0.1) is 0 Å². The van der Waals surface area contributed by atoms with Gasteiger partial charge in [-0.1, -0.05) is 11.2 Å². The first-order valence-corrected chi connectivity index (χ1v) is 8.28. The molecule has 0 radical (unpaired) electrons. The van der Waals surface area contributed by atoms with Crippen LogP contribution in [0.2, 0.25) is 0 Å². The number of nitrogens with zero attached hydrogens (tertiary/aromatic N) is 3. The van der Waals surface area contributed by atoms with E-state index in [2.05, 4.69) is 15.5 Å². The maximum absolute atomic E-state index is 12.4. The van der Waals surface area contributed by atoms with Crippen molar-refractivity contribution in [1.82, 2.24) is 15.2 Å². The SMILES string of the molecule is CON=C(C(=O)NC1C(=O)N2C=CCS[C@H]12)c1csc(N)n1. The lowest BCUT2D eigenvalue weighted by Gasteiger charge is -2.46. The van der Waals surface area contributed by atoms with Gasteiger partial charge in [0.05, 0.1) is 0 Å². The maximum atomic E-state index is 12.4. The molecular weight excluding hydrogens is 326 g/mol. The molecule has 1 aromatic heterocycles. The number of hydrogen-bond donors (Lipinski definition) is 2. The van der Waals surface area contributed by atoms with Crippen LogP contribution in [0.15, 0.2) is 22.8 Å². The molecule has 0 saturated carbocycles. The topological polar surface area (TPSA) is 110 Å². The summed E-state index contributed by atoms with van der Waals surface area (Å²) in [6.45, 7) is 0. The number of anilines is 1. The summed E-state index contributed by atoms with van der Waals surface area (Å²) in [7, 11) is 1.33. The minimum Gasteiger partial charge on any atom is -0.398 e. The number of thiazole rings is 1. The van der Waals surface area contributed by atoms with Gasteiger partial charge in [0.15, 0.2) is 10.8 Å². The Labute approximate surface area is 134 Å². The summed E-state index contributed by atoms with van der Waals surface area (Å²) < 4.78 is 0. The Morgan fingerprint density at radius 3 is 3.14 bits per heavy atom. The van der Waals surface area contributed by atoms with Gasteiger partial charge < -0.3 is 20.8 Å². The van der Waals surface area contributed by atoms with Crippen LogP contribution in [0.1, 0.15) is 5.69 Å².